The number of carbonyl (C=O) groups is 2. The van der Waals surface area contributed by atoms with E-state index in [1.165, 1.54) is 392 Å². The third-order valence-corrected chi connectivity index (χ3v) is 19.5. The van der Waals surface area contributed by atoms with Crippen molar-refractivity contribution in [2.45, 2.75) is 482 Å². The fraction of sp³-hybridized carbons (Fsp3) is 0.928. The fourth-order valence-corrected chi connectivity index (χ4v) is 13.2. The van der Waals surface area contributed by atoms with Crippen LogP contribution in [0.2, 0.25) is 0 Å². The van der Waals surface area contributed by atoms with Gasteiger partial charge < -0.3 is 20.3 Å². The highest BCUT2D eigenvalue weighted by atomic mass is 16.5. The summed E-state index contributed by atoms with van der Waals surface area (Å²) in [6.45, 7) is 5.00. The van der Waals surface area contributed by atoms with Crippen molar-refractivity contribution in [1.82, 2.24) is 5.32 Å². The molecule has 0 aromatic heterocycles. The van der Waals surface area contributed by atoms with Crippen LogP contribution in [-0.2, 0) is 14.3 Å². The number of hydrogen-bond acceptors (Lipinski definition) is 5. The lowest BCUT2D eigenvalue weighted by Gasteiger charge is -2.22. The smallest absolute Gasteiger partial charge is 0.305 e. The molecule has 0 saturated carbocycles. The van der Waals surface area contributed by atoms with Gasteiger partial charge in [0.15, 0.2) is 0 Å². The van der Waals surface area contributed by atoms with Gasteiger partial charge in [-0.15, -0.1) is 0 Å². The molecule has 1 amide bonds. The summed E-state index contributed by atoms with van der Waals surface area (Å²) in [4.78, 5) is 24.7. The van der Waals surface area contributed by atoms with E-state index < -0.39 is 12.1 Å². The molecule has 0 aliphatic rings. The first-order chi connectivity index (χ1) is 44.0. The van der Waals surface area contributed by atoms with Gasteiger partial charge in [0, 0.05) is 12.8 Å². The molecule has 2 unspecified atom stereocenters. The predicted octanol–water partition coefficient (Wildman–Crippen LogP) is 27.2. The predicted molar refractivity (Wildman–Crippen MR) is 393 cm³/mol. The maximum Gasteiger partial charge on any atom is 0.305 e. The molecule has 0 radical (unpaired) electrons. The van der Waals surface area contributed by atoms with E-state index in [-0.39, 0.29) is 18.5 Å². The Labute approximate surface area is 558 Å². The Hall–Kier alpha value is -1.66. The van der Waals surface area contributed by atoms with Gasteiger partial charge in [0.25, 0.3) is 0 Å². The summed E-state index contributed by atoms with van der Waals surface area (Å²) in [6.07, 6.45) is 101. The summed E-state index contributed by atoms with van der Waals surface area (Å²) in [7, 11) is 0. The van der Waals surface area contributed by atoms with Gasteiger partial charge in [-0.2, -0.15) is 0 Å². The van der Waals surface area contributed by atoms with Crippen molar-refractivity contribution in [3.05, 3.63) is 24.3 Å². The summed E-state index contributed by atoms with van der Waals surface area (Å²) >= 11 is 0. The van der Waals surface area contributed by atoms with Crippen LogP contribution in [0.25, 0.3) is 0 Å². The molecule has 0 fully saturated rings. The van der Waals surface area contributed by atoms with Gasteiger partial charge >= 0.3 is 5.97 Å². The number of amides is 1. The maximum absolute atomic E-state index is 12.6. The minimum absolute atomic E-state index is 0.0156. The van der Waals surface area contributed by atoms with Crippen LogP contribution in [-0.4, -0.2) is 47.4 Å². The number of unbranched alkanes of at least 4 members (excludes halogenated alkanes) is 63. The monoisotopic (exact) mass is 1250 g/mol. The van der Waals surface area contributed by atoms with E-state index in [1.54, 1.807) is 0 Å². The van der Waals surface area contributed by atoms with Crippen LogP contribution in [0.4, 0.5) is 0 Å². The third-order valence-electron chi connectivity index (χ3n) is 19.5. The quantitative estimate of drug-likeness (QED) is 0.0320. The third kappa shape index (κ3) is 75.3. The van der Waals surface area contributed by atoms with Crippen molar-refractivity contribution >= 4 is 11.9 Å². The molecule has 0 spiro atoms. The Bertz CT molecular complexity index is 1400. The molecule has 2 atom stereocenters. The zero-order valence-electron chi connectivity index (χ0n) is 60.7. The van der Waals surface area contributed by atoms with Gasteiger partial charge in [-0.1, -0.05) is 404 Å². The highest BCUT2D eigenvalue weighted by Crippen LogP contribution is 2.20. The zero-order valence-corrected chi connectivity index (χ0v) is 60.7. The maximum atomic E-state index is 12.6. The summed E-state index contributed by atoms with van der Waals surface area (Å²) < 4.78 is 5.51. The lowest BCUT2D eigenvalue weighted by Crippen LogP contribution is -2.45. The summed E-state index contributed by atoms with van der Waals surface area (Å²) in [5.74, 6) is -0.0114. The largest absolute Gasteiger partial charge is 0.466 e. The van der Waals surface area contributed by atoms with Crippen LogP contribution < -0.4 is 5.32 Å². The molecule has 0 aromatic rings. The number of nitrogens with one attached hydrogen (secondary N) is 1. The van der Waals surface area contributed by atoms with Crippen molar-refractivity contribution in [1.29, 1.82) is 0 Å². The topological polar surface area (TPSA) is 95.9 Å². The highest BCUT2D eigenvalue weighted by molar-refractivity contribution is 5.76. The number of ether oxygens (including phenoxy) is 1. The molecule has 528 valence electrons. The minimum atomic E-state index is -0.664. The van der Waals surface area contributed by atoms with E-state index in [4.69, 9.17) is 4.74 Å². The van der Waals surface area contributed by atoms with Crippen LogP contribution in [0.15, 0.2) is 24.3 Å². The number of allylic oxidation sites excluding steroid dienone is 4. The molecule has 0 aliphatic carbocycles. The van der Waals surface area contributed by atoms with Crippen LogP contribution in [0.1, 0.15) is 470 Å². The van der Waals surface area contributed by atoms with Gasteiger partial charge in [0.05, 0.1) is 25.4 Å². The van der Waals surface area contributed by atoms with E-state index in [1.807, 2.05) is 0 Å². The second-order valence-electron chi connectivity index (χ2n) is 28.5. The summed E-state index contributed by atoms with van der Waals surface area (Å²) in [5.41, 5.74) is 0. The molecular weight excluding hydrogens is 1090 g/mol. The number of aliphatic hydroxyl groups is 2. The number of rotatable bonds is 78. The fourth-order valence-electron chi connectivity index (χ4n) is 13.2. The summed E-state index contributed by atoms with van der Waals surface area (Å²) in [6, 6.07) is -0.541. The molecule has 0 bridgehead atoms. The van der Waals surface area contributed by atoms with Gasteiger partial charge in [-0.05, 0) is 77.0 Å². The molecule has 6 heteroatoms. The average molecular weight is 1250 g/mol. The van der Waals surface area contributed by atoms with E-state index in [2.05, 4.69) is 43.5 Å². The van der Waals surface area contributed by atoms with Crippen molar-refractivity contribution in [2.75, 3.05) is 13.2 Å². The number of aliphatic hydroxyl groups excluding tert-OH is 2. The van der Waals surface area contributed by atoms with Gasteiger partial charge in [-0.3, -0.25) is 9.59 Å². The normalized spacial score (nSPS) is 12.5. The van der Waals surface area contributed by atoms with Gasteiger partial charge in [-0.25, -0.2) is 0 Å². The lowest BCUT2D eigenvalue weighted by atomic mass is 10.0. The molecule has 89 heavy (non-hydrogen) atoms. The molecule has 6 nitrogen and oxygen atoms in total. The first kappa shape index (κ1) is 87.3. The van der Waals surface area contributed by atoms with Crippen molar-refractivity contribution in [2.24, 2.45) is 0 Å². The van der Waals surface area contributed by atoms with Gasteiger partial charge in [0.2, 0.25) is 5.91 Å². The SMILES string of the molecule is CCCCCCCC/C=C\CCCCCCCCCC(=O)OCCCCCCCCCCCCCC/C=C\CCCCCCCCCCCCCCCCCC(=O)NC(CO)C(O)CCCCCCCCCCCCCCCCCCCCCCCCCC. The number of carbonyl (C=O) groups excluding carboxylic acids is 2. The van der Waals surface area contributed by atoms with E-state index in [9.17, 15) is 19.8 Å². The lowest BCUT2D eigenvalue weighted by molar-refractivity contribution is -0.143. The Morgan fingerprint density at radius 2 is 0.528 bits per heavy atom. The molecule has 0 saturated heterocycles. The van der Waals surface area contributed by atoms with E-state index >= 15 is 0 Å². The minimum Gasteiger partial charge on any atom is -0.466 e. The number of hydrogen-bond donors (Lipinski definition) is 3. The zero-order chi connectivity index (χ0) is 64.2. The number of esters is 1. The standard InChI is InChI=1S/C83H161NO5/c1-3-5-7-9-11-13-15-17-19-21-22-23-24-34-37-40-44-47-51-55-59-63-67-71-75-81(86)80(79-85)84-82(87)76-72-68-64-60-56-52-48-45-41-38-35-32-30-28-26-25-27-29-31-33-36-39-42-46-50-54-58-62-66-70-74-78-89-83(88)77-73-69-65-61-57-53-49-43-20-18-16-14-12-10-8-6-4-2/h18,20,27,29,80-81,85-86H,3-17,19,21-26,28,30-79H2,1-2H3,(H,84,87)/b20-18-,29-27-. The Morgan fingerprint density at radius 1 is 0.303 bits per heavy atom. The molecule has 3 N–H and O–H groups in total. The van der Waals surface area contributed by atoms with Crippen LogP contribution >= 0.6 is 0 Å². The van der Waals surface area contributed by atoms with Crippen LogP contribution in [0, 0.1) is 0 Å². The van der Waals surface area contributed by atoms with Crippen LogP contribution in [0.3, 0.4) is 0 Å². The van der Waals surface area contributed by atoms with Crippen molar-refractivity contribution < 1.29 is 24.5 Å². The Balaban J connectivity index is 3.36. The van der Waals surface area contributed by atoms with Gasteiger partial charge in [0.1, 0.15) is 0 Å². The molecule has 0 rings (SSSR count). The van der Waals surface area contributed by atoms with Crippen molar-refractivity contribution in [3.8, 4) is 0 Å². The first-order valence-corrected chi connectivity index (χ1v) is 41.1. The molecule has 0 heterocycles. The molecule has 0 aromatic carbocycles. The average Bonchev–Trinajstić information content (AvgIpc) is 3.64. The highest BCUT2D eigenvalue weighted by Gasteiger charge is 2.20. The second-order valence-corrected chi connectivity index (χ2v) is 28.5. The first-order valence-electron chi connectivity index (χ1n) is 41.1. The van der Waals surface area contributed by atoms with Crippen molar-refractivity contribution in [3.63, 3.8) is 0 Å². The Kier molecular flexibility index (Phi) is 77.3. The van der Waals surface area contributed by atoms with E-state index in [0.717, 1.165) is 44.9 Å². The van der Waals surface area contributed by atoms with E-state index in [0.29, 0.717) is 25.9 Å². The van der Waals surface area contributed by atoms with Crippen LogP contribution in [0.5, 0.6) is 0 Å². The second kappa shape index (κ2) is 78.8. The molecular formula is C83H161NO5. The summed E-state index contributed by atoms with van der Waals surface area (Å²) in [5, 5.41) is 23.5. The Morgan fingerprint density at radius 3 is 0.798 bits per heavy atom. The molecule has 0 aliphatic heterocycles.